The molecule has 0 amide bonds. The van der Waals surface area contributed by atoms with Crippen molar-refractivity contribution in [3.05, 3.63) is 30.1 Å². The minimum absolute atomic E-state index is 0.715. The zero-order valence-corrected chi connectivity index (χ0v) is 11.6. The summed E-state index contributed by atoms with van der Waals surface area (Å²) in [5, 5.41) is 0. The smallest absolute Gasteiger partial charge is 0.261 e. The van der Waals surface area contributed by atoms with Crippen molar-refractivity contribution >= 4 is 10.1 Å². The molecular weight excluding hydrogens is 238 g/mol. The Bertz CT molecular complexity index is 408. The summed E-state index contributed by atoms with van der Waals surface area (Å²) >= 11 is 0. The monoisotopic (exact) mass is 260 g/mol. The lowest BCUT2D eigenvalue weighted by molar-refractivity contribution is -0.700. The van der Waals surface area contributed by atoms with Gasteiger partial charge in [-0.15, -0.1) is 0 Å². The van der Waals surface area contributed by atoms with Crippen molar-refractivity contribution in [2.24, 2.45) is 0 Å². The van der Waals surface area contributed by atoms with Gasteiger partial charge in [0.15, 0.2) is 11.9 Å². The van der Waals surface area contributed by atoms with Gasteiger partial charge >= 0.3 is 0 Å². The van der Waals surface area contributed by atoms with Crippen LogP contribution in [0.1, 0.15) is 32.4 Å². The second kappa shape index (κ2) is 8.20. The van der Waals surface area contributed by atoms with E-state index in [0.29, 0.717) is 6.26 Å². The predicted molar refractivity (Wildman–Crippen MR) is 68.4 cm³/mol. The van der Waals surface area contributed by atoms with Gasteiger partial charge in [0.25, 0.3) is 10.1 Å². The molecule has 0 saturated carbocycles. The minimum Gasteiger partial charge on any atom is -0.286 e. The summed E-state index contributed by atoms with van der Waals surface area (Å²) in [6.07, 6.45) is 6.66. The second-order valence-electron chi connectivity index (χ2n) is 3.81. The highest BCUT2D eigenvalue weighted by atomic mass is 32.2. The zero-order chi connectivity index (χ0) is 13.3. The Morgan fingerprint density at radius 2 is 1.88 bits per heavy atom. The molecule has 1 rings (SSSR count). The van der Waals surface area contributed by atoms with Gasteiger partial charge in [-0.2, -0.15) is 8.42 Å². The molecule has 0 saturated heterocycles. The molecule has 5 heteroatoms. The SMILES string of the molecule is CCCCc1cccc[n+]1CC.CS(=O)(=O)O. The van der Waals surface area contributed by atoms with Crippen LogP contribution >= 0.6 is 0 Å². The number of unbranched alkanes of at least 4 members (excludes halogenated alkanes) is 1. The third-order valence-electron chi connectivity index (χ3n) is 2.16. The summed E-state index contributed by atoms with van der Waals surface area (Å²) in [4.78, 5) is 0. The first-order valence-corrected chi connectivity index (χ1v) is 7.63. The van der Waals surface area contributed by atoms with E-state index in [0.717, 1.165) is 6.54 Å². The predicted octanol–water partition coefficient (Wildman–Crippen LogP) is 1.84. The Morgan fingerprint density at radius 1 is 1.29 bits per heavy atom. The molecule has 1 heterocycles. The minimum atomic E-state index is -3.67. The molecule has 0 atom stereocenters. The molecule has 0 radical (unpaired) electrons. The van der Waals surface area contributed by atoms with E-state index in [1.165, 1.54) is 25.0 Å². The number of aromatic nitrogens is 1. The van der Waals surface area contributed by atoms with Crippen LogP contribution in [-0.4, -0.2) is 19.2 Å². The molecule has 0 spiro atoms. The fourth-order valence-corrected chi connectivity index (χ4v) is 1.41. The van der Waals surface area contributed by atoms with Crippen LogP contribution in [0.2, 0.25) is 0 Å². The molecule has 0 aromatic carbocycles. The molecule has 0 fully saturated rings. The summed E-state index contributed by atoms with van der Waals surface area (Å²) < 4.78 is 28.2. The summed E-state index contributed by atoms with van der Waals surface area (Å²) in [6.45, 7) is 5.51. The summed E-state index contributed by atoms with van der Waals surface area (Å²) in [5.41, 5.74) is 1.46. The molecule has 1 aromatic heterocycles. The van der Waals surface area contributed by atoms with Crippen LogP contribution in [0, 0.1) is 0 Å². The number of hydrogen-bond donors (Lipinski definition) is 1. The van der Waals surface area contributed by atoms with Gasteiger partial charge in [-0.25, -0.2) is 4.57 Å². The lowest BCUT2D eigenvalue weighted by atomic mass is 10.2. The molecule has 1 N–H and O–H groups in total. The van der Waals surface area contributed by atoms with Crippen LogP contribution < -0.4 is 4.57 Å². The Morgan fingerprint density at radius 3 is 2.35 bits per heavy atom. The van der Waals surface area contributed by atoms with E-state index in [9.17, 15) is 8.42 Å². The van der Waals surface area contributed by atoms with Crippen molar-refractivity contribution in [1.82, 2.24) is 0 Å². The van der Waals surface area contributed by atoms with Crippen molar-refractivity contribution in [3.63, 3.8) is 0 Å². The highest BCUT2D eigenvalue weighted by molar-refractivity contribution is 7.85. The van der Waals surface area contributed by atoms with E-state index in [2.05, 4.69) is 42.8 Å². The lowest BCUT2D eigenvalue weighted by Crippen LogP contribution is -2.36. The van der Waals surface area contributed by atoms with Crippen LogP contribution in [0.15, 0.2) is 24.4 Å². The maximum atomic E-state index is 9.19. The van der Waals surface area contributed by atoms with E-state index in [1.807, 2.05) is 0 Å². The van der Waals surface area contributed by atoms with E-state index in [-0.39, 0.29) is 0 Å². The molecule has 98 valence electrons. The van der Waals surface area contributed by atoms with Gasteiger partial charge in [-0.3, -0.25) is 4.55 Å². The van der Waals surface area contributed by atoms with Crippen LogP contribution in [0.3, 0.4) is 0 Å². The quantitative estimate of drug-likeness (QED) is 0.664. The van der Waals surface area contributed by atoms with Crippen LogP contribution in [0.5, 0.6) is 0 Å². The van der Waals surface area contributed by atoms with E-state index in [4.69, 9.17) is 4.55 Å². The van der Waals surface area contributed by atoms with Crippen molar-refractivity contribution in [2.45, 2.75) is 39.7 Å². The first kappa shape index (κ1) is 16.1. The third kappa shape index (κ3) is 9.96. The maximum Gasteiger partial charge on any atom is 0.261 e. The van der Waals surface area contributed by atoms with Crippen molar-refractivity contribution in [1.29, 1.82) is 0 Å². The van der Waals surface area contributed by atoms with Gasteiger partial charge in [0.1, 0.15) is 6.54 Å². The number of nitrogens with zero attached hydrogens (tertiary/aromatic N) is 1. The number of aryl methyl sites for hydroxylation is 2. The van der Waals surface area contributed by atoms with E-state index >= 15 is 0 Å². The van der Waals surface area contributed by atoms with Crippen molar-refractivity contribution < 1.29 is 17.5 Å². The van der Waals surface area contributed by atoms with Gasteiger partial charge in [0, 0.05) is 18.6 Å². The summed E-state index contributed by atoms with van der Waals surface area (Å²) in [6, 6.07) is 6.44. The average Bonchev–Trinajstić information content (AvgIpc) is 2.24. The van der Waals surface area contributed by atoms with Gasteiger partial charge < -0.3 is 0 Å². The fourth-order valence-electron chi connectivity index (χ4n) is 1.41. The number of pyridine rings is 1. The summed E-state index contributed by atoms with van der Waals surface area (Å²) in [7, 11) is -3.67. The van der Waals surface area contributed by atoms with E-state index < -0.39 is 10.1 Å². The van der Waals surface area contributed by atoms with Crippen molar-refractivity contribution in [3.8, 4) is 0 Å². The third-order valence-corrected chi connectivity index (χ3v) is 2.16. The van der Waals surface area contributed by atoms with Gasteiger partial charge in [0.2, 0.25) is 0 Å². The second-order valence-corrected chi connectivity index (χ2v) is 5.28. The lowest BCUT2D eigenvalue weighted by Gasteiger charge is -1.99. The molecule has 0 aliphatic carbocycles. The van der Waals surface area contributed by atoms with Crippen LogP contribution in [0.4, 0.5) is 0 Å². The first-order chi connectivity index (χ1) is 7.88. The molecule has 4 nitrogen and oxygen atoms in total. The average molecular weight is 260 g/mol. The normalized spacial score (nSPS) is 10.6. The standard InChI is InChI=1S/C11H18N.CH4O3S/c1-3-5-8-11-9-6-7-10-12(11)4-2;1-5(2,3)4/h6-7,9-10H,3-5,8H2,1-2H3;1H3,(H,2,3,4)/q+1;. The summed E-state index contributed by atoms with van der Waals surface area (Å²) in [5.74, 6) is 0. The molecular formula is C12H22NO3S+. The first-order valence-electron chi connectivity index (χ1n) is 5.78. The number of rotatable bonds is 4. The molecule has 0 bridgehead atoms. The van der Waals surface area contributed by atoms with Crippen LogP contribution in [-0.2, 0) is 23.1 Å². The Kier molecular flexibility index (Phi) is 7.74. The van der Waals surface area contributed by atoms with Gasteiger partial charge in [-0.05, 0) is 13.3 Å². The Labute approximate surface area is 104 Å². The highest BCUT2D eigenvalue weighted by Gasteiger charge is 2.04. The molecule has 17 heavy (non-hydrogen) atoms. The highest BCUT2D eigenvalue weighted by Crippen LogP contribution is 1.98. The fraction of sp³-hybridized carbons (Fsp3) is 0.583. The molecule has 1 aromatic rings. The Hall–Kier alpha value is -0.940. The van der Waals surface area contributed by atoms with Gasteiger partial charge in [0.05, 0.1) is 6.26 Å². The van der Waals surface area contributed by atoms with E-state index in [1.54, 1.807) is 0 Å². The maximum absolute atomic E-state index is 9.19. The topological polar surface area (TPSA) is 58.2 Å². The molecule has 0 aliphatic rings. The zero-order valence-electron chi connectivity index (χ0n) is 10.8. The van der Waals surface area contributed by atoms with Crippen LogP contribution in [0.25, 0.3) is 0 Å². The van der Waals surface area contributed by atoms with Gasteiger partial charge in [-0.1, -0.05) is 19.4 Å². The largest absolute Gasteiger partial charge is 0.286 e. The molecule has 0 unspecified atom stereocenters. The molecule has 0 aliphatic heterocycles. The Balaban J connectivity index is 0.000000437. The van der Waals surface area contributed by atoms with Crippen molar-refractivity contribution in [2.75, 3.05) is 6.26 Å². The number of hydrogen-bond acceptors (Lipinski definition) is 2.